The van der Waals surface area contributed by atoms with Crippen molar-refractivity contribution >= 4 is 24.2 Å². The number of rotatable bonds is 2. The lowest BCUT2D eigenvalue weighted by atomic mass is 9.78. The second-order valence-corrected chi connectivity index (χ2v) is 4.91. The topological polar surface area (TPSA) is 114 Å². The summed E-state index contributed by atoms with van der Waals surface area (Å²) in [5.74, 6) is -3.88. The number of cyclic esters (lactones) is 6. The van der Waals surface area contributed by atoms with Crippen LogP contribution < -0.4 is 0 Å². The Labute approximate surface area is 112 Å². The number of carbonyl (C=O) groups excluding carboxylic acids is 4. The van der Waals surface area contributed by atoms with Crippen molar-refractivity contribution in [1.82, 2.24) is 0 Å². The van der Waals surface area contributed by atoms with Crippen LogP contribution in [0.2, 0.25) is 0 Å². The quantitative estimate of drug-likeness (QED) is 0.385. The van der Waals surface area contributed by atoms with E-state index in [1.807, 2.05) is 0 Å². The molecule has 0 amide bonds. The molecule has 4 unspecified atom stereocenters. The Hall–Kier alpha value is -2.32. The van der Waals surface area contributed by atoms with Gasteiger partial charge >= 0.3 is 24.2 Å². The summed E-state index contributed by atoms with van der Waals surface area (Å²) in [6.45, 7) is 1.08. The molecule has 3 saturated heterocycles. The van der Waals surface area contributed by atoms with E-state index in [0.717, 1.165) is 0 Å². The van der Waals surface area contributed by atoms with Gasteiger partial charge in [0, 0.05) is 0 Å². The van der Waals surface area contributed by atoms with Crippen LogP contribution in [0.4, 0.5) is 9.59 Å². The van der Waals surface area contributed by atoms with Gasteiger partial charge in [-0.1, -0.05) is 0 Å². The Balaban J connectivity index is 1.90. The molecule has 0 aliphatic carbocycles. The molecule has 0 spiro atoms. The van der Waals surface area contributed by atoms with Crippen LogP contribution in [0.3, 0.4) is 0 Å². The predicted molar refractivity (Wildman–Crippen MR) is 55.1 cm³/mol. The molecule has 108 valence electrons. The smallest absolute Gasteiger partial charge is 0.430 e. The van der Waals surface area contributed by atoms with Crippen molar-refractivity contribution < 1.29 is 42.9 Å². The summed E-state index contributed by atoms with van der Waals surface area (Å²) in [6, 6.07) is 0. The van der Waals surface area contributed by atoms with Crippen molar-refractivity contribution in [2.45, 2.75) is 18.6 Å². The van der Waals surface area contributed by atoms with E-state index in [4.69, 9.17) is 9.47 Å². The van der Waals surface area contributed by atoms with E-state index in [2.05, 4.69) is 14.2 Å². The van der Waals surface area contributed by atoms with Gasteiger partial charge in [0.05, 0.1) is 0 Å². The zero-order valence-corrected chi connectivity index (χ0v) is 10.3. The number of hydrogen-bond donors (Lipinski definition) is 0. The van der Waals surface area contributed by atoms with E-state index in [9.17, 15) is 19.2 Å². The van der Waals surface area contributed by atoms with Crippen molar-refractivity contribution in [2.24, 2.45) is 11.8 Å². The molecule has 0 N–H and O–H groups in total. The highest BCUT2D eigenvalue weighted by molar-refractivity contribution is 5.98. The molecule has 3 heterocycles. The maximum absolute atomic E-state index is 11.9. The Morgan fingerprint density at radius 1 is 1.05 bits per heavy atom. The molecule has 0 aromatic rings. The molecular weight excluding hydrogens is 276 g/mol. The van der Waals surface area contributed by atoms with E-state index in [1.165, 1.54) is 6.92 Å². The summed E-state index contributed by atoms with van der Waals surface area (Å²) in [4.78, 5) is 45.7. The molecule has 0 saturated carbocycles. The Kier molecular flexibility index (Phi) is 2.59. The van der Waals surface area contributed by atoms with Crippen molar-refractivity contribution in [3.8, 4) is 0 Å². The first-order valence-electron chi connectivity index (χ1n) is 5.85. The van der Waals surface area contributed by atoms with Gasteiger partial charge in [0.1, 0.15) is 25.0 Å². The molecule has 0 radical (unpaired) electrons. The first-order valence-corrected chi connectivity index (χ1v) is 5.85. The zero-order valence-electron chi connectivity index (χ0n) is 10.3. The molecule has 3 aliphatic heterocycles. The summed E-state index contributed by atoms with van der Waals surface area (Å²) >= 11 is 0. The van der Waals surface area contributed by atoms with E-state index in [-0.39, 0.29) is 13.2 Å². The Morgan fingerprint density at radius 3 is 2.35 bits per heavy atom. The third kappa shape index (κ3) is 1.77. The van der Waals surface area contributed by atoms with Crippen LogP contribution in [0.1, 0.15) is 6.92 Å². The van der Waals surface area contributed by atoms with Crippen LogP contribution in [0.5, 0.6) is 0 Å². The standard InChI is InChI=1S/C11H10O9/c1-11(3-17-10(15)20-11)6-5(7(12)19-8(6)13)4-2-16-9(14)18-4/h4-6H,2-3H2,1H3. The average molecular weight is 286 g/mol. The minimum atomic E-state index is -1.35. The largest absolute Gasteiger partial charge is 0.509 e. The fourth-order valence-corrected chi connectivity index (χ4v) is 2.63. The van der Waals surface area contributed by atoms with Crippen LogP contribution in [0.25, 0.3) is 0 Å². The highest BCUT2D eigenvalue weighted by Crippen LogP contribution is 2.41. The lowest BCUT2D eigenvalue weighted by Gasteiger charge is -2.28. The summed E-state index contributed by atoms with van der Waals surface area (Å²) in [7, 11) is 0. The number of carbonyl (C=O) groups is 4. The SMILES string of the molecule is CC1(C2C(=O)OC(=O)C2C2COC(=O)O2)COC(=O)O1. The van der Waals surface area contributed by atoms with Crippen LogP contribution in [-0.4, -0.2) is 49.2 Å². The van der Waals surface area contributed by atoms with Crippen LogP contribution in [0.15, 0.2) is 0 Å². The Morgan fingerprint density at radius 2 is 1.80 bits per heavy atom. The normalized spacial score (nSPS) is 40.0. The second-order valence-electron chi connectivity index (χ2n) is 4.91. The summed E-state index contributed by atoms with van der Waals surface area (Å²) in [6.07, 6.45) is -2.81. The predicted octanol–water partition coefficient (Wildman–Crippen LogP) is -0.237. The minimum Gasteiger partial charge on any atom is -0.430 e. The molecule has 3 rings (SSSR count). The van der Waals surface area contributed by atoms with Gasteiger partial charge in [-0.3, -0.25) is 9.59 Å². The van der Waals surface area contributed by atoms with E-state index >= 15 is 0 Å². The number of hydrogen-bond acceptors (Lipinski definition) is 9. The third-order valence-electron chi connectivity index (χ3n) is 3.55. The maximum Gasteiger partial charge on any atom is 0.509 e. The molecular formula is C11H10O9. The van der Waals surface area contributed by atoms with Gasteiger partial charge in [-0.25, -0.2) is 9.59 Å². The van der Waals surface area contributed by atoms with Crippen molar-refractivity contribution in [2.75, 3.05) is 13.2 Å². The second kappa shape index (κ2) is 4.09. The molecule has 20 heavy (non-hydrogen) atoms. The molecule has 3 fully saturated rings. The number of ether oxygens (including phenoxy) is 5. The first kappa shape index (κ1) is 12.7. The van der Waals surface area contributed by atoms with E-state index in [0.29, 0.717) is 0 Å². The summed E-state index contributed by atoms with van der Waals surface area (Å²) in [5.41, 5.74) is -1.35. The fourth-order valence-electron chi connectivity index (χ4n) is 2.63. The highest BCUT2D eigenvalue weighted by Gasteiger charge is 2.62. The summed E-state index contributed by atoms with van der Waals surface area (Å²) < 4.78 is 23.7. The van der Waals surface area contributed by atoms with Gasteiger partial charge in [-0.15, -0.1) is 0 Å². The molecule has 0 bridgehead atoms. The molecule has 4 atom stereocenters. The average Bonchev–Trinajstić information content (AvgIpc) is 2.99. The fraction of sp³-hybridized carbons (Fsp3) is 0.636. The third-order valence-corrected chi connectivity index (χ3v) is 3.55. The van der Waals surface area contributed by atoms with Crippen molar-refractivity contribution in [3.63, 3.8) is 0 Å². The van der Waals surface area contributed by atoms with Gasteiger partial charge in [-0.2, -0.15) is 0 Å². The summed E-state index contributed by atoms with van der Waals surface area (Å²) in [5, 5.41) is 0. The maximum atomic E-state index is 11.9. The van der Waals surface area contributed by atoms with Gasteiger partial charge in [-0.05, 0) is 6.92 Å². The lowest BCUT2D eigenvalue weighted by Crippen LogP contribution is -2.47. The minimum absolute atomic E-state index is 0.173. The lowest BCUT2D eigenvalue weighted by molar-refractivity contribution is -0.155. The van der Waals surface area contributed by atoms with Crippen molar-refractivity contribution in [1.29, 1.82) is 0 Å². The molecule has 3 aliphatic rings. The number of esters is 2. The highest BCUT2D eigenvalue weighted by atomic mass is 16.8. The first-order chi connectivity index (χ1) is 9.40. The molecule has 0 aromatic carbocycles. The van der Waals surface area contributed by atoms with Crippen LogP contribution >= 0.6 is 0 Å². The van der Waals surface area contributed by atoms with Gasteiger partial charge in [0.2, 0.25) is 0 Å². The van der Waals surface area contributed by atoms with Crippen LogP contribution in [-0.2, 0) is 33.3 Å². The van der Waals surface area contributed by atoms with Gasteiger partial charge in [0.25, 0.3) is 0 Å². The van der Waals surface area contributed by atoms with Gasteiger partial charge in [0.15, 0.2) is 11.7 Å². The van der Waals surface area contributed by atoms with E-state index < -0.39 is 47.8 Å². The van der Waals surface area contributed by atoms with Crippen LogP contribution in [0, 0.1) is 11.8 Å². The molecule has 9 heteroatoms. The van der Waals surface area contributed by atoms with Crippen molar-refractivity contribution in [3.05, 3.63) is 0 Å². The zero-order chi connectivity index (χ0) is 14.5. The van der Waals surface area contributed by atoms with E-state index in [1.54, 1.807) is 0 Å². The molecule has 0 aromatic heterocycles. The monoisotopic (exact) mass is 286 g/mol. The Bertz CT molecular complexity index is 512. The van der Waals surface area contributed by atoms with Gasteiger partial charge < -0.3 is 23.7 Å². The molecule has 9 nitrogen and oxygen atoms in total.